The van der Waals surface area contributed by atoms with E-state index in [1.807, 2.05) is 0 Å². The first-order valence-corrected chi connectivity index (χ1v) is 6.49. The summed E-state index contributed by atoms with van der Waals surface area (Å²) in [5.74, 6) is 1.05. The molecule has 3 nitrogen and oxygen atoms in total. The number of hydrogen-bond donors (Lipinski definition) is 1. The Morgan fingerprint density at radius 1 is 1.24 bits per heavy atom. The number of hydrogen-bond acceptors (Lipinski definition) is 3. The zero-order valence-electron chi connectivity index (χ0n) is 10.7. The molecule has 0 saturated heterocycles. The van der Waals surface area contributed by atoms with E-state index in [1.54, 1.807) is 0 Å². The smallest absolute Gasteiger partial charge is 0.130 e. The molecule has 0 bridgehead atoms. The van der Waals surface area contributed by atoms with E-state index >= 15 is 0 Å². The lowest BCUT2D eigenvalue weighted by Crippen LogP contribution is -2.32. The molecule has 0 aromatic heterocycles. The van der Waals surface area contributed by atoms with E-state index in [9.17, 15) is 0 Å². The van der Waals surface area contributed by atoms with Gasteiger partial charge in [0.25, 0.3) is 0 Å². The van der Waals surface area contributed by atoms with Crippen molar-refractivity contribution in [1.29, 1.82) is 0 Å². The van der Waals surface area contributed by atoms with Crippen LogP contribution in [-0.4, -0.2) is 32.0 Å². The Hall–Kier alpha value is -1.51. The first-order chi connectivity index (χ1) is 8.36. The lowest BCUT2D eigenvalue weighted by Gasteiger charge is -2.25. The van der Waals surface area contributed by atoms with Crippen LogP contribution in [0.4, 0.5) is 5.69 Å². The minimum Gasteiger partial charge on any atom is -0.371 e. The molecule has 1 aromatic carbocycles. The summed E-state index contributed by atoms with van der Waals surface area (Å²) in [6.07, 6.45) is 1.14. The highest BCUT2D eigenvalue weighted by molar-refractivity contribution is 6.03. The molecule has 0 amide bonds. The predicted octanol–water partition coefficient (Wildman–Crippen LogP) is 2.27. The molecule has 17 heavy (non-hydrogen) atoms. The maximum Gasteiger partial charge on any atom is 0.130 e. The molecule has 0 unspecified atom stereocenters. The fourth-order valence-electron chi connectivity index (χ4n) is 2.23. The molecule has 1 heterocycles. The van der Waals surface area contributed by atoms with E-state index in [-0.39, 0.29) is 0 Å². The first kappa shape index (κ1) is 12.0. The molecular formula is C14H21N3. The van der Waals surface area contributed by atoms with Crippen LogP contribution in [0.25, 0.3) is 0 Å². The highest BCUT2D eigenvalue weighted by Gasteiger charge is 2.13. The van der Waals surface area contributed by atoms with Crippen LogP contribution < -0.4 is 10.2 Å². The van der Waals surface area contributed by atoms with Crippen molar-refractivity contribution in [1.82, 2.24) is 5.32 Å². The van der Waals surface area contributed by atoms with Gasteiger partial charge in [0.05, 0.1) is 0 Å². The molecule has 0 fully saturated rings. The molecule has 1 aromatic rings. The fourth-order valence-corrected chi connectivity index (χ4v) is 2.23. The van der Waals surface area contributed by atoms with E-state index in [0.717, 1.165) is 38.4 Å². The van der Waals surface area contributed by atoms with Gasteiger partial charge in [-0.3, -0.25) is 4.99 Å². The maximum absolute atomic E-state index is 4.59. The Balaban J connectivity index is 2.35. The molecule has 0 atom stereocenters. The second-order valence-electron chi connectivity index (χ2n) is 4.20. The highest BCUT2D eigenvalue weighted by Crippen LogP contribution is 2.21. The lowest BCUT2D eigenvalue weighted by molar-refractivity contribution is 0.741. The van der Waals surface area contributed by atoms with Gasteiger partial charge in [0.1, 0.15) is 5.84 Å². The molecule has 0 radical (unpaired) electrons. The predicted molar refractivity (Wildman–Crippen MR) is 74.0 cm³/mol. The van der Waals surface area contributed by atoms with E-state index in [1.165, 1.54) is 11.3 Å². The number of nitrogens with zero attached hydrogens (tertiary/aromatic N) is 2. The van der Waals surface area contributed by atoms with Gasteiger partial charge < -0.3 is 10.2 Å². The van der Waals surface area contributed by atoms with Gasteiger partial charge in [0.2, 0.25) is 0 Å². The van der Waals surface area contributed by atoms with Crippen molar-refractivity contribution in [2.75, 3.05) is 31.1 Å². The molecule has 0 spiro atoms. The molecular weight excluding hydrogens is 210 g/mol. The van der Waals surface area contributed by atoms with Crippen LogP contribution in [0.1, 0.15) is 25.8 Å². The van der Waals surface area contributed by atoms with E-state index < -0.39 is 0 Å². The van der Waals surface area contributed by atoms with Crippen LogP contribution in [0.3, 0.4) is 0 Å². The number of rotatable bonds is 4. The third kappa shape index (κ3) is 2.60. The highest BCUT2D eigenvalue weighted by atomic mass is 15.1. The van der Waals surface area contributed by atoms with Crippen LogP contribution in [0.5, 0.6) is 0 Å². The summed E-state index contributed by atoms with van der Waals surface area (Å²) in [4.78, 5) is 6.96. The van der Waals surface area contributed by atoms with Crippen LogP contribution in [0.2, 0.25) is 0 Å². The van der Waals surface area contributed by atoms with Crippen molar-refractivity contribution >= 4 is 11.5 Å². The van der Waals surface area contributed by atoms with Gasteiger partial charge in [0, 0.05) is 37.4 Å². The average Bonchev–Trinajstić information content (AvgIpc) is 2.42. The number of nitrogens with one attached hydrogen (secondary N) is 1. The number of anilines is 1. The summed E-state index contributed by atoms with van der Waals surface area (Å²) in [5, 5.41) is 3.40. The van der Waals surface area contributed by atoms with Gasteiger partial charge in [-0.2, -0.15) is 0 Å². The average molecular weight is 231 g/mol. The summed E-state index contributed by atoms with van der Waals surface area (Å²) in [7, 11) is 0. The molecule has 1 N–H and O–H groups in total. The maximum atomic E-state index is 4.59. The molecule has 1 aliphatic heterocycles. The third-order valence-corrected chi connectivity index (χ3v) is 3.16. The van der Waals surface area contributed by atoms with Crippen molar-refractivity contribution < 1.29 is 0 Å². The molecule has 0 saturated carbocycles. The largest absolute Gasteiger partial charge is 0.371 e. The zero-order valence-corrected chi connectivity index (χ0v) is 10.7. The summed E-state index contributed by atoms with van der Waals surface area (Å²) >= 11 is 0. The van der Waals surface area contributed by atoms with Gasteiger partial charge in [-0.05, 0) is 32.4 Å². The van der Waals surface area contributed by atoms with E-state index in [2.05, 4.69) is 53.3 Å². The zero-order chi connectivity index (χ0) is 12.1. The standard InChI is InChI=1S/C14H21N3/c1-3-17(4-2)13-9-6-5-8-12(13)14-15-10-7-11-16-14/h5-6,8-9H,3-4,7,10-11H2,1-2H3,(H,15,16). The van der Waals surface area contributed by atoms with Gasteiger partial charge in [-0.15, -0.1) is 0 Å². The van der Waals surface area contributed by atoms with Gasteiger partial charge in [-0.25, -0.2) is 0 Å². The Kier molecular flexibility index (Phi) is 4.02. The van der Waals surface area contributed by atoms with Crippen LogP contribution in [-0.2, 0) is 0 Å². The second-order valence-corrected chi connectivity index (χ2v) is 4.20. The molecule has 0 aliphatic carbocycles. The monoisotopic (exact) mass is 231 g/mol. The number of amidine groups is 1. The number of aliphatic imine (C=N–C) groups is 1. The minimum atomic E-state index is 0.939. The Morgan fingerprint density at radius 3 is 2.65 bits per heavy atom. The van der Waals surface area contributed by atoms with Crippen LogP contribution >= 0.6 is 0 Å². The van der Waals surface area contributed by atoms with Gasteiger partial charge >= 0.3 is 0 Å². The minimum absolute atomic E-state index is 0.939. The second kappa shape index (κ2) is 5.71. The Labute approximate surface area is 104 Å². The lowest BCUT2D eigenvalue weighted by atomic mass is 10.1. The van der Waals surface area contributed by atoms with Crippen molar-refractivity contribution in [2.45, 2.75) is 20.3 Å². The summed E-state index contributed by atoms with van der Waals surface area (Å²) in [5.41, 5.74) is 2.52. The quantitative estimate of drug-likeness (QED) is 0.861. The van der Waals surface area contributed by atoms with Gasteiger partial charge in [-0.1, -0.05) is 12.1 Å². The van der Waals surface area contributed by atoms with Crippen molar-refractivity contribution in [3.63, 3.8) is 0 Å². The summed E-state index contributed by atoms with van der Waals surface area (Å²) < 4.78 is 0. The van der Waals surface area contributed by atoms with Gasteiger partial charge in [0.15, 0.2) is 0 Å². The SMILES string of the molecule is CCN(CC)c1ccccc1C1=NCCCN1. The summed E-state index contributed by atoms with van der Waals surface area (Å²) in [6.45, 7) is 8.41. The summed E-state index contributed by atoms with van der Waals surface area (Å²) in [6, 6.07) is 8.52. The van der Waals surface area contributed by atoms with Crippen molar-refractivity contribution in [3.8, 4) is 0 Å². The number of benzene rings is 1. The molecule has 3 heteroatoms. The van der Waals surface area contributed by atoms with E-state index in [4.69, 9.17) is 0 Å². The molecule has 2 rings (SSSR count). The van der Waals surface area contributed by atoms with Crippen molar-refractivity contribution in [3.05, 3.63) is 29.8 Å². The topological polar surface area (TPSA) is 27.6 Å². The third-order valence-electron chi connectivity index (χ3n) is 3.16. The Bertz CT molecular complexity index is 394. The van der Waals surface area contributed by atoms with Crippen LogP contribution in [0, 0.1) is 0 Å². The molecule has 1 aliphatic rings. The Morgan fingerprint density at radius 2 is 2.00 bits per heavy atom. The fraction of sp³-hybridized carbons (Fsp3) is 0.500. The molecule has 92 valence electrons. The number of para-hydroxylation sites is 1. The normalized spacial score (nSPS) is 15.1. The van der Waals surface area contributed by atoms with E-state index in [0.29, 0.717) is 0 Å². The van der Waals surface area contributed by atoms with Crippen LogP contribution in [0.15, 0.2) is 29.3 Å². The first-order valence-electron chi connectivity index (χ1n) is 6.49. The van der Waals surface area contributed by atoms with Crippen molar-refractivity contribution in [2.24, 2.45) is 4.99 Å².